The fourth-order valence-electron chi connectivity index (χ4n) is 1.28. The normalized spacial score (nSPS) is 13.9. The lowest BCUT2D eigenvalue weighted by Gasteiger charge is -2.11. The second kappa shape index (κ2) is 7.28. The molecule has 0 aliphatic rings. The van der Waals surface area contributed by atoms with Crippen LogP contribution in [0.1, 0.15) is 5.56 Å². The maximum absolute atomic E-state index is 11.3. The van der Waals surface area contributed by atoms with Gasteiger partial charge in [-0.3, -0.25) is 9.32 Å². The van der Waals surface area contributed by atoms with E-state index in [4.69, 9.17) is 5.11 Å². The van der Waals surface area contributed by atoms with Gasteiger partial charge in [0.1, 0.15) is 0 Å². The number of carbonyl (C=O) groups excluding carboxylic acids is 1. The molecule has 0 spiro atoms. The lowest BCUT2D eigenvalue weighted by Crippen LogP contribution is -2.25. The van der Waals surface area contributed by atoms with Gasteiger partial charge in [0.05, 0.1) is 13.2 Å². The minimum absolute atomic E-state index is 0.246. The molecule has 1 unspecified atom stereocenters. The SMILES string of the molecule is O=C(NCCc1ccccc1)P(=O)(O)OCCO. The molecule has 0 heterocycles. The molecule has 0 radical (unpaired) electrons. The highest BCUT2D eigenvalue weighted by Crippen LogP contribution is 2.42. The number of hydrogen-bond acceptors (Lipinski definition) is 4. The van der Waals surface area contributed by atoms with Crippen molar-refractivity contribution >= 4 is 13.2 Å². The van der Waals surface area contributed by atoms with Gasteiger partial charge in [-0.1, -0.05) is 30.3 Å². The van der Waals surface area contributed by atoms with Crippen LogP contribution in [0.2, 0.25) is 0 Å². The largest absolute Gasteiger partial charge is 0.415 e. The molecule has 0 aliphatic heterocycles. The van der Waals surface area contributed by atoms with E-state index < -0.39 is 19.9 Å². The maximum atomic E-state index is 11.3. The second-order valence-electron chi connectivity index (χ2n) is 3.54. The van der Waals surface area contributed by atoms with Crippen molar-refractivity contribution in [3.05, 3.63) is 35.9 Å². The van der Waals surface area contributed by atoms with Crippen LogP contribution in [0.5, 0.6) is 0 Å². The van der Waals surface area contributed by atoms with Crippen molar-refractivity contribution in [1.29, 1.82) is 0 Å². The Hall–Kier alpha value is -1.20. The summed E-state index contributed by atoms with van der Waals surface area (Å²) in [5, 5.41) is 10.8. The molecule has 1 amide bonds. The number of rotatable bonds is 7. The van der Waals surface area contributed by atoms with Crippen LogP contribution in [-0.2, 0) is 15.5 Å². The fourth-order valence-corrected chi connectivity index (χ4v) is 2.04. The molecule has 0 bridgehead atoms. The zero-order valence-corrected chi connectivity index (χ0v) is 10.7. The van der Waals surface area contributed by atoms with E-state index in [1.54, 1.807) is 0 Å². The Kier molecular flexibility index (Phi) is 6.01. The average molecular weight is 273 g/mol. The fraction of sp³-hybridized carbons (Fsp3) is 0.364. The maximum Gasteiger partial charge on any atom is 0.415 e. The summed E-state index contributed by atoms with van der Waals surface area (Å²) in [5.74, 6) is 0. The summed E-state index contributed by atoms with van der Waals surface area (Å²) in [7, 11) is -4.33. The molecule has 0 saturated carbocycles. The first kappa shape index (κ1) is 14.9. The number of aliphatic hydroxyl groups excluding tert-OH is 1. The van der Waals surface area contributed by atoms with E-state index in [1.165, 1.54) is 0 Å². The van der Waals surface area contributed by atoms with Crippen LogP contribution in [0.3, 0.4) is 0 Å². The van der Waals surface area contributed by atoms with E-state index in [0.717, 1.165) is 5.56 Å². The van der Waals surface area contributed by atoms with Crippen molar-refractivity contribution in [3.63, 3.8) is 0 Å². The first-order valence-corrected chi connectivity index (χ1v) is 7.04. The van der Waals surface area contributed by atoms with Crippen molar-refractivity contribution in [3.8, 4) is 0 Å². The molecule has 0 fully saturated rings. The standard InChI is InChI=1S/C11H16NO5P/c13-8-9-17-18(15,16)11(14)12-7-6-10-4-2-1-3-5-10/h1-5,13H,6-9H2,(H,12,14)(H,15,16). The quantitative estimate of drug-likeness (QED) is 0.647. The minimum Gasteiger partial charge on any atom is -0.394 e. The number of nitrogens with one attached hydrogen (secondary N) is 1. The predicted molar refractivity (Wildman–Crippen MR) is 66.4 cm³/mol. The summed E-state index contributed by atoms with van der Waals surface area (Å²) in [6, 6.07) is 9.42. The summed E-state index contributed by atoms with van der Waals surface area (Å²) in [5.41, 5.74) is -0.0336. The lowest BCUT2D eigenvalue weighted by atomic mass is 10.2. The van der Waals surface area contributed by atoms with Crippen LogP contribution in [0.4, 0.5) is 4.79 Å². The van der Waals surface area contributed by atoms with Crippen molar-refractivity contribution in [2.75, 3.05) is 19.8 Å². The van der Waals surface area contributed by atoms with Crippen molar-refractivity contribution in [2.45, 2.75) is 6.42 Å². The molecule has 1 atom stereocenters. The highest BCUT2D eigenvalue weighted by molar-refractivity contribution is 7.70. The summed E-state index contributed by atoms with van der Waals surface area (Å²) in [4.78, 5) is 20.6. The Labute approximate surface area is 105 Å². The molecule has 1 aromatic carbocycles. The predicted octanol–water partition coefficient (Wildman–Crippen LogP) is 1.13. The van der Waals surface area contributed by atoms with Gasteiger partial charge < -0.3 is 15.3 Å². The third kappa shape index (κ3) is 4.98. The molecular formula is C11H16NO5P. The molecule has 7 heteroatoms. The molecule has 1 aromatic rings. The van der Waals surface area contributed by atoms with E-state index in [0.29, 0.717) is 6.42 Å². The van der Waals surface area contributed by atoms with Gasteiger partial charge in [0.2, 0.25) is 0 Å². The summed E-state index contributed by atoms with van der Waals surface area (Å²) in [6.45, 7) is -0.516. The topological polar surface area (TPSA) is 95.9 Å². The Morgan fingerprint density at radius 1 is 1.33 bits per heavy atom. The lowest BCUT2D eigenvalue weighted by molar-refractivity contribution is 0.181. The number of carbonyl (C=O) groups is 1. The van der Waals surface area contributed by atoms with E-state index in [1.807, 2.05) is 30.3 Å². The highest BCUT2D eigenvalue weighted by Gasteiger charge is 2.29. The minimum atomic E-state index is -4.33. The number of benzene rings is 1. The first-order valence-electron chi connectivity index (χ1n) is 5.47. The van der Waals surface area contributed by atoms with Crippen LogP contribution in [0.15, 0.2) is 30.3 Å². The van der Waals surface area contributed by atoms with Gasteiger partial charge in [0.25, 0.3) is 0 Å². The average Bonchev–Trinajstić information content (AvgIpc) is 2.37. The third-order valence-electron chi connectivity index (χ3n) is 2.15. The zero-order valence-electron chi connectivity index (χ0n) is 9.78. The highest BCUT2D eigenvalue weighted by atomic mass is 31.2. The van der Waals surface area contributed by atoms with Crippen molar-refractivity contribution in [2.24, 2.45) is 0 Å². The smallest absolute Gasteiger partial charge is 0.394 e. The molecule has 0 aromatic heterocycles. The molecule has 6 nitrogen and oxygen atoms in total. The van der Waals surface area contributed by atoms with Gasteiger partial charge in [0.15, 0.2) is 0 Å². The monoisotopic (exact) mass is 273 g/mol. The first-order chi connectivity index (χ1) is 8.56. The van der Waals surface area contributed by atoms with Crippen LogP contribution in [0, 0.1) is 0 Å². The Bertz CT molecular complexity index is 423. The van der Waals surface area contributed by atoms with Gasteiger partial charge in [-0.2, -0.15) is 0 Å². The number of hydrogen-bond donors (Lipinski definition) is 3. The van der Waals surface area contributed by atoms with Gasteiger partial charge >= 0.3 is 13.2 Å². The van der Waals surface area contributed by atoms with E-state index in [9.17, 15) is 14.3 Å². The number of aliphatic hydroxyl groups is 1. The van der Waals surface area contributed by atoms with Crippen LogP contribution in [-0.4, -0.2) is 35.4 Å². The zero-order chi connectivity index (χ0) is 13.4. The molecule has 100 valence electrons. The van der Waals surface area contributed by atoms with E-state index in [2.05, 4.69) is 9.84 Å². The molecule has 1 rings (SSSR count). The molecule has 0 saturated heterocycles. The summed E-state index contributed by atoms with van der Waals surface area (Å²) < 4.78 is 15.7. The van der Waals surface area contributed by atoms with Gasteiger partial charge in [-0.15, -0.1) is 0 Å². The van der Waals surface area contributed by atoms with E-state index in [-0.39, 0.29) is 13.2 Å². The van der Waals surface area contributed by atoms with Crippen LogP contribution in [0.25, 0.3) is 0 Å². The van der Waals surface area contributed by atoms with Gasteiger partial charge in [-0.25, -0.2) is 4.57 Å². The molecule has 18 heavy (non-hydrogen) atoms. The van der Waals surface area contributed by atoms with Crippen molar-refractivity contribution < 1.29 is 23.9 Å². The van der Waals surface area contributed by atoms with Crippen molar-refractivity contribution in [1.82, 2.24) is 5.32 Å². The molecule has 3 N–H and O–H groups in total. The van der Waals surface area contributed by atoms with E-state index >= 15 is 0 Å². The molecule has 0 aliphatic carbocycles. The summed E-state index contributed by atoms with van der Waals surface area (Å²) in [6.07, 6.45) is 0.562. The van der Waals surface area contributed by atoms with Gasteiger partial charge in [0, 0.05) is 6.54 Å². The number of amides is 1. The van der Waals surface area contributed by atoms with Crippen LogP contribution < -0.4 is 5.32 Å². The van der Waals surface area contributed by atoms with Gasteiger partial charge in [-0.05, 0) is 12.0 Å². The Morgan fingerprint density at radius 3 is 2.61 bits per heavy atom. The summed E-state index contributed by atoms with van der Waals surface area (Å²) >= 11 is 0. The second-order valence-corrected chi connectivity index (χ2v) is 5.25. The third-order valence-corrected chi connectivity index (χ3v) is 3.35. The Balaban J connectivity index is 2.35. The molecular weight excluding hydrogens is 257 g/mol. The Morgan fingerprint density at radius 2 is 2.00 bits per heavy atom. The van der Waals surface area contributed by atoms with Crippen LogP contribution >= 0.6 is 7.60 Å².